The van der Waals surface area contributed by atoms with Crippen molar-refractivity contribution in [3.8, 4) is 0 Å². The van der Waals surface area contributed by atoms with Gasteiger partial charge in [0.25, 0.3) is 0 Å². The van der Waals surface area contributed by atoms with Gasteiger partial charge in [0.1, 0.15) is 0 Å². The number of ether oxygens (including phenoxy) is 1. The number of urea groups is 1. The summed E-state index contributed by atoms with van der Waals surface area (Å²) in [7, 11) is 1.29. The smallest absolute Gasteiger partial charge is 0.411 e. The van der Waals surface area contributed by atoms with Crippen molar-refractivity contribution in [2.45, 2.75) is 6.42 Å². The maximum absolute atomic E-state index is 11.9. The molecule has 0 bridgehead atoms. The van der Waals surface area contributed by atoms with Gasteiger partial charge in [0.2, 0.25) is 0 Å². The number of rotatable bonds is 5. The minimum atomic E-state index is -0.561. The van der Waals surface area contributed by atoms with Gasteiger partial charge < -0.3 is 15.4 Å². The van der Waals surface area contributed by atoms with E-state index in [0.717, 1.165) is 12.0 Å². The summed E-state index contributed by atoms with van der Waals surface area (Å²) in [5.41, 5.74) is 2.28. The van der Waals surface area contributed by atoms with Crippen LogP contribution in [0.15, 0.2) is 54.6 Å². The lowest BCUT2D eigenvalue weighted by atomic mass is 10.1. The van der Waals surface area contributed by atoms with E-state index in [4.69, 9.17) is 0 Å². The molecule has 0 aliphatic rings. The molecule has 0 atom stereocenters. The second-order valence-electron chi connectivity index (χ2n) is 4.81. The topological polar surface area (TPSA) is 79.5 Å². The average molecular weight is 313 g/mol. The summed E-state index contributed by atoms with van der Waals surface area (Å²) in [5, 5.41) is 8.04. The molecular weight excluding hydrogens is 294 g/mol. The van der Waals surface area contributed by atoms with Gasteiger partial charge in [0.15, 0.2) is 0 Å². The van der Waals surface area contributed by atoms with Crippen molar-refractivity contribution in [2.24, 2.45) is 0 Å². The Balaban J connectivity index is 1.80. The predicted octanol–water partition coefficient (Wildman–Crippen LogP) is 3.23. The molecule has 0 saturated carbocycles. The molecule has 120 valence electrons. The molecule has 6 nitrogen and oxygen atoms in total. The molecule has 0 heterocycles. The highest BCUT2D eigenvalue weighted by Gasteiger charge is 2.04. The first-order chi connectivity index (χ1) is 11.2. The fraction of sp³-hybridized carbons (Fsp3) is 0.176. The van der Waals surface area contributed by atoms with Crippen molar-refractivity contribution < 1.29 is 14.3 Å². The SMILES string of the molecule is COC(=O)Nc1cccc(NC(=O)NCCc2ccccc2)c1. The Morgan fingerprint density at radius 2 is 1.65 bits per heavy atom. The zero-order valence-electron chi connectivity index (χ0n) is 12.8. The van der Waals surface area contributed by atoms with E-state index < -0.39 is 6.09 Å². The number of nitrogens with one attached hydrogen (secondary N) is 3. The number of anilines is 2. The molecule has 6 heteroatoms. The lowest BCUT2D eigenvalue weighted by Gasteiger charge is -2.09. The lowest BCUT2D eigenvalue weighted by molar-refractivity contribution is 0.187. The first kappa shape index (κ1) is 16.4. The Morgan fingerprint density at radius 1 is 0.957 bits per heavy atom. The largest absolute Gasteiger partial charge is 0.453 e. The Hall–Kier alpha value is -3.02. The maximum atomic E-state index is 11.9. The van der Waals surface area contributed by atoms with Gasteiger partial charge >= 0.3 is 12.1 Å². The van der Waals surface area contributed by atoms with Gasteiger partial charge in [-0.3, -0.25) is 5.32 Å². The Kier molecular flexibility index (Phi) is 5.99. The normalized spacial score (nSPS) is 9.78. The van der Waals surface area contributed by atoms with Crippen LogP contribution < -0.4 is 16.0 Å². The number of benzene rings is 2. The van der Waals surface area contributed by atoms with Crippen LogP contribution in [0.5, 0.6) is 0 Å². The summed E-state index contributed by atoms with van der Waals surface area (Å²) in [6.07, 6.45) is 0.201. The van der Waals surface area contributed by atoms with Crippen molar-refractivity contribution >= 4 is 23.5 Å². The van der Waals surface area contributed by atoms with E-state index in [1.807, 2.05) is 30.3 Å². The first-order valence-electron chi connectivity index (χ1n) is 7.21. The number of carbonyl (C=O) groups is 2. The average Bonchev–Trinajstić information content (AvgIpc) is 2.56. The highest BCUT2D eigenvalue weighted by Crippen LogP contribution is 2.15. The predicted molar refractivity (Wildman–Crippen MR) is 89.6 cm³/mol. The van der Waals surface area contributed by atoms with Gasteiger partial charge in [-0.2, -0.15) is 0 Å². The van der Waals surface area contributed by atoms with Crippen molar-refractivity contribution in [3.63, 3.8) is 0 Å². The molecule has 0 aliphatic carbocycles. The molecule has 23 heavy (non-hydrogen) atoms. The molecule has 0 unspecified atom stereocenters. The Morgan fingerprint density at radius 3 is 2.35 bits per heavy atom. The zero-order chi connectivity index (χ0) is 16.5. The van der Waals surface area contributed by atoms with Crippen LogP contribution in [0.1, 0.15) is 5.56 Å². The summed E-state index contributed by atoms with van der Waals surface area (Å²) in [6.45, 7) is 0.538. The summed E-state index contributed by atoms with van der Waals surface area (Å²) >= 11 is 0. The van der Waals surface area contributed by atoms with Gasteiger partial charge in [-0.15, -0.1) is 0 Å². The van der Waals surface area contributed by atoms with E-state index in [-0.39, 0.29) is 6.03 Å². The molecule has 0 fully saturated rings. The van der Waals surface area contributed by atoms with Crippen molar-refractivity contribution in [2.75, 3.05) is 24.3 Å². The summed E-state index contributed by atoms with van der Waals surface area (Å²) < 4.78 is 4.52. The maximum Gasteiger partial charge on any atom is 0.411 e. The highest BCUT2D eigenvalue weighted by molar-refractivity contribution is 5.91. The van der Waals surface area contributed by atoms with E-state index in [0.29, 0.717) is 17.9 Å². The quantitative estimate of drug-likeness (QED) is 0.793. The van der Waals surface area contributed by atoms with Gasteiger partial charge in [-0.1, -0.05) is 36.4 Å². The number of amides is 3. The summed E-state index contributed by atoms with van der Waals surface area (Å²) in [5.74, 6) is 0. The second-order valence-corrected chi connectivity index (χ2v) is 4.81. The van der Waals surface area contributed by atoms with Crippen LogP contribution in [-0.2, 0) is 11.2 Å². The van der Waals surface area contributed by atoms with Crippen LogP contribution in [0, 0.1) is 0 Å². The Labute approximate surface area is 134 Å². The van der Waals surface area contributed by atoms with Gasteiger partial charge in [0.05, 0.1) is 7.11 Å². The molecule has 2 aromatic carbocycles. The molecule has 0 saturated heterocycles. The molecule has 2 rings (SSSR count). The molecular formula is C17H19N3O3. The molecule has 2 aromatic rings. The van der Waals surface area contributed by atoms with Crippen LogP contribution >= 0.6 is 0 Å². The third-order valence-corrected chi connectivity index (χ3v) is 3.09. The number of hydrogen-bond donors (Lipinski definition) is 3. The van der Waals surface area contributed by atoms with Gasteiger partial charge in [0, 0.05) is 17.9 Å². The van der Waals surface area contributed by atoms with Crippen LogP contribution in [-0.4, -0.2) is 25.8 Å². The lowest BCUT2D eigenvalue weighted by Crippen LogP contribution is -2.30. The second kappa shape index (κ2) is 8.43. The monoisotopic (exact) mass is 313 g/mol. The van der Waals surface area contributed by atoms with Crippen molar-refractivity contribution in [1.82, 2.24) is 5.32 Å². The van der Waals surface area contributed by atoms with E-state index >= 15 is 0 Å². The third kappa shape index (κ3) is 5.70. The van der Waals surface area contributed by atoms with Gasteiger partial charge in [-0.05, 0) is 30.2 Å². The molecule has 3 N–H and O–H groups in total. The van der Waals surface area contributed by atoms with E-state index in [1.54, 1.807) is 24.3 Å². The van der Waals surface area contributed by atoms with Crippen LogP contribution in [0.3, 0.4) is 0 Å². The molecule has 0 aliphatic heterocycles. The van der Waals surface area contributed by atoms with Crippen molar-refractivity contribution in [1.29, 1.82) is 0 Å². The van der Waals surface area contributed by atoms with Gasteiger partial charge in [-0.25, -0.2) is 9.59 Å². The molecule has 3 amide bonds. The zero-order valence-corrected chi connectivity index (χ0v) is 12.8. The minimum Gasteiger partial charge on any atom is -0.453 e. The first-order valence-corrected chi connectivity index (χ1v) is 7.21. The van der Waals surface area contributed by atoms with Crippen molar-refractivity contribution in [3.05, 3.63) is 60.2 Å². The van der Waals surface area contributed by atoms with Crippen LogP contribution in [0.2, 0.25) is 0 Å². The van der Waals surface area contributed by atoms with E-state index in [9.17, 15) is 9.59 Å². The minimum absolute atomic E-state index is 0.295. The Bertz CT molecular complexity index is 659. The standard InChI is InChI=1S/C17H19N3O3/c1-23-17(22)20-15-9-5-8-14(12-15)19-16(21)18-11-10-13-6-3-2-4-7-13/h2-9,12H,10-11H2,1H3,(H,20,22)(H2,18,19,21). The third-order valence-electron chi connectivity index (χ3n) is 3.09. The fourth-order valence-corrected chi connectivity index (χ4v) is 1.98. The van der Waals surface area contributed by atoms with Crippen LogP contribution in [0.25, 0.3) is 0 Å². The highest BCUT2D eigenvalue weighted by atomic mass is 16.5. The summed E-state index contributed by atoms with van der Waals surface area (Å²) in [6, 6.07) is 16.4. The fourth-order valence-electron chi connectivity index (χ4n) is 1.98. The summed E-state index contributed by atoms with van der Waals surface area (Å²) in [4.78, 5) is 23.0. The molecule has 0 aromatic heterocycles. The number of carbonyl (C=O) groups excluding carboxylic acids is 2. The number of hydrogen-bond acceptors (Lipinski definition) is 3. The van der Waals surface area contributed by atoms with E-state index in [1.165, 1.54) is 7.11 Å². The number of methoxy groups -OCH3 is 1. The van der Waals surface area contributed by atoms with Crippen LogP contribution in [0.4, 0.5) is 21.0 Å². The molecule has 0 radical (unpaired) electrons. The van der Waals surface area contributed by atoms with E-state index in [2.05, 4.69) is 20.7 Å². The molecule has 0 spiro atoms.